The predicted octanol–water partition coefficient (Wildman–Crippen LogP) is 2.60. The smallest absolute Gasteiger partial charge is 0.220 e. The summed E-state index contributed by atoms with van der Waals surface area (Å²) in [6.45, 7) is 0.607. The first-order valence-corrected chi connectivity index (χ1v) is 6.68. The molecule has 0 unspecified atom stereocenters. The summed E-state index contributed by atoms with van der Waals surface area (Å²) in [5.41, 5.74) is 1.77. The molecule has 1 amide bonds. The van der Waals surface area contributed by atoms with E-state index in [9.17, 15) is 9.90 Å². The van der Waals surface area contributed by atoms with Crippen molar-refractivity contribution in [1.82, 2.24) is 5.32 Å². The Morgan fingerprint density at radius 1 is 1.42 bits per heavy atom. The number of fused-ring (bicyclic) bond motifs is 1. The Morgan fingerprint density at radius 2 is 2.26 bits per heavy atom. The molecule has 3 rings (SSSR count). The highest BCUT2D eigenvalue weighted by atomic mass is 16.3. The van der Waals surface area contributed by atoms with Crippen molar-refractivity contribution in [2.24, 2.45) is 5.92 Å². The minimum Gasteiger partial charge on any atom is -0.508 e. The number of amides is 1. The maximum Gasteiger partial charge on any atom is 0.220 e. The number of benzene rings is 1. The van der Waals surface area contributed by atoms with Crippen molar-refractivity contribution in [2.45, 2.75) is 25.7 Å². The van der Waals surface area contributed by atoms with Crippen LogP contribution in [0.4, 0.5) is 0 Å². The number of nitrogens with one attached hydrogen (secondary N) is 1. The summed E-state index contributed by atoms with van der Waals surface area (Å²) in [4.78, 5) is 11.6. The molecule has 1 fully saturated rings. The van der Waals surface area contributed by atoms with E-state index in [2.05, 4.69) is 5.32 Å². The molecule has 0 radical (unpaired) electrons. The van der Waals surface area contributed by atoms with Gasteiger partial charge in [0, 0.05) is 23.9 Å². The van der Waals surface area contributed by atoms with Crippen LogP contribution in [0.15, 0.2) is 28.9 Å². The standard InChI is InChI=1S/C15H17NO3/c17-12-3-4-14-13(8-12)11(9-19-14)5-6-16-15(18)7-10-1-2-10/h3-4,8-10,17H,1-2,5-7H2,(H,16,18). The van der Waals surface area contributed by atoms with Crippen molar-refractivity contribution in [2.75, 3.05) is 6.54 Å². The van der Waals surface area contributed by atoms with Crippen LogP contribution in [-0.4, -0.2) is 17.6 Å². The molecule has 4 nitrogen and oxygen atoms in total. The van der Waals surface area contributed by atoms with Crippen LogP contribution in [0.3, 0.4) is 0 Å². The molecule has 1 aromatic carbocycles. The molecule has 1 aromatic heterocycles. The Labute approximate surface area is 111 Å². The van der Waals surface area contributed by atoms with Crippen molar-refractivity contribution < 1.29 is 14.3 Å². The highest BCUT2D eigenvalue weighted by Crippen LogP contribution is 2.32. The maximum atomic E-state index is 11.6. The molecule has 1 saturated carbocycles. The molecule has 0 atom stereocenters. The van der Waals surface area contributed by atoms with Gasteiger partial charge in [-0.05, 0) is 43.4 Å². The first-order valence-electron chi connectivity index (χ1n) is 6.68. The first-order chi connectivity index (χ1) is 9.22. The molecule has 1 heterocycles. The largest absolute Gasteiger partial charge is 0.508 e. The number of furan rings is 1. The Kier molecular flexibility index (Phi) is 3.15. The lowest BCUT2D eigenvalue weighted by molar-refractivity contribution is -0.121. The topological polar surface area (TPSA) is 62.5 Å². The molecular formula is C15H17NO3. The third kappa shape index (κ3) is 2.89. The van der Waals surface area contributed by atoms with Gasteiger partial charge >= 0.3 is 0 Å². The van der Waals surface area contributed by atoms with Gasteiger partial charge in [0.25, 0.3) is 0 Å². The van der Waals surface area contributed by atoms with Gasteiger partial charge in [-0.3, -0.25) is 4.79 Å². The van der Waals surface area contributed by atoms with Gasteiger partial charge in [-0.15, -0.1) is 0 Å². The summed E-state index contributed by atoms with van der Waals surface area (Å²) >= 11 is 0. The van der Waals surface area contributed by atoms with Gasteiger partial charge in [0.2, 0.25) is 5.91 Å². The highest BCUT2D eigenvalue weighted by Gasteiger charge is 2.24. The van der Waals surface area contributed by atoms with Crippen LogP contribution in [0.5, 0.6) is 5.75 Å². The fraction of sp³-hybridized carbons (Fsp3) is 0.400. The van der Waals surface area contributed by atoms with Crippen LogP contribution in [0.2, 0.25) is 0 Å². The van der Waals surface area contributed by atoms with E-state index in [1.807, 2.05) is 0 Å². The summed E-state index contributed by atoms with van der Waals surface area (Å²) in [5, 5.41) is 13.3. The Balaban J connectivity index is 1.58. The lowest BCUT2D eigenvalue weighted by atomic mass is 10.1. The van der Waals surface area contributed by atoms with Crippen molar-refractivity contribution >= 4 is 16.9 Å². The second-order valence-corrected chi connectivity index (χ2v) is 5.19. The lowest BCUT2D eigenvalue weighted by Gasteiger charge is -2.03. The number of carbonyl (C=O) groups excluding carboxylic acids is 1. The summed E-state index contributed by atoms with van der Waals surface area (Å²) in [6, 6.07) is 5.05. The minimum atomic E-state index is 0.137. The van der Waals surface area contributed by atoms with E-state index >= 15 is 0 Å². The fourth-order valence-corrected chi connectivity index (χ4v) is 2.26. The molecule has 0 spiro atoms. The zero-order valence-electron chi connectivity index (χ0n) is 10.7. The van der Waals surface area contributed by atoms with E-state index in [4.69, 9.17) is 4.42 Å². The van der Waals surface area contributed by atoms with Crippen molar-refractivity contribution in [3.63, 3.8) is 0 Å². The van der Waals surface area contributed by atoms with Gasteiger partial charge in [0.05, 0.1) is 6.26 Å². The number of hydrogen-bond donors (Lipinski definition) is 2. The molecule has 2 N–H and O–H groups in total. The fourth-order valence-electron chi connectivity index (χ4n) is 2.26. The molecule has 0 bridgehead atoms. The Bertz CT molecular complexity index is 598. The summed E-state index contributed by atoms with van der Waals surface area (Å²) in [6.07, 6.45) is 5.45. The van der Waals surface area contributed by atoms with E-state index < -0.39 is 0 Å². The summed E-state index contributed by atoms with van der Waals surface area (Å²) in [7, 11) is 0. The van der Waals surface area contributed by atoms with Gasteiger partial charge in [-0.25, -0.2) is 0 Å². The van der Waals surface area contributed by atoms with E-state index in [0.29, 0.717) is 25.3 Å². The van der Waals surface area contributed by atoms with Crippen LogP contribution in [0.25, 0.3) is 11.0 Å². The SMILES string of the molecule is O=C(CC1CC1)NCCc1coc2ccc(O)cc12. The molecule has 1 aliphatic carbocycles. The number of rotatable bonds is 5. The van der Waals surface area contributed by atoms with Gasteiger partial charge < -0.3 is 14.8 Å². The van der Waals surface area contributed by atoms with E-state index in [1.54, 1.807) is 24.5 Å². The summed E-state index contributed by atoms with van der Waals surface area (Å²) < 4.78 is 5.41. The average molecular weight is 259 g/mol. The normalized spacial score (nSPS) is 14.7. The van der Waals surface area contributed by atoms with Crippen molar-refractivity contribution in [1.29, 1.82) is 0 Å². The number of phenols is 1. The second kappa shape index (κ2) is 4.96. The van der Waals surface area contributed by atoms with Crippen LogP contribution >= 0.6 is 0 Å². The Hall–Kier alpha value is -1.97. The molecule has 100 valence electrons. The van der Waals surface area contributed by atoms with Crippen LogP contribution < -0.4 is 5.32 Å². The molecule has 2 aromatic rings. The Morgan fingerprint density at radius 3 is 3.05 bits per heavy atom. The van der Waals surface area contributed by atoms with Gasteiger partial charge in [0.15, 0.2) is 0 Å². The third-order valence-corrected chi connectivity index (χ3v) is 3.52. The first kappa shape index (κ1) is 12.1. The lowest BCUT2D eigenvalue weighted by Crippen LogP contribution is -2.25. The third-order valence-electron chi connectivity index (χ3n) is 3.52. The summed E-state index contributed by atoms with van der Waals surface area (Å²) in [5.74, 6) is 0.984. The van der Waals surface area contributed by atoms with Crippen molar-refractivity contribution in [3.05, 3.63) is 30.0 Å². The van der Waals surface area contributed by atoms with E-state index in [0.717, 1.165) is 16.5 Å². The highest BCUT2D eigenvalue weighted by molar-refractivity contribution is 5.82. The zero-order chi connectivity index (χ0) is 13.2. The monoisotopic (exact) mass is 259 g/mol. The van der Waals surface area contributed by atoms with Gasteiger partial charge in [0.1, 0.15) is 11.3 Å². The predicted molar refractivity (Wildman–Crippen MR) is 71.9 cm³/mol. The molecule has 4 heteroatoms. The molecule has 0 aliphatic heterocycles. The minimum absolute atomic E-state index is 0.137. The zero-order valence-corrected chi connectivity index (χ0v) is 10.7. The van der Waals surface area contributed by atoms with Crippen molar-refractivity contribution in [3.8, 4) is 5.75 Å². The number of aromatic hydroxyl groups is 1. The van der Waals surface area contributed by atoms with Gasteiger partial charge in [-0.1, -0.05) is 0 Å². The van der Waals surface area contributed by atoms with Crippen LogP contribution in [0, 0.1) is 5.92 Å². The molecule has 0 saturated heterocycles. The quantitative estimate of drug-likeness (QED) is 0.867. The molecular weight excluding hydrogens is 242 g/mol. The molecule has 19 heavy (non-hydrogen) atoms. The maximum absolute atomic E-state index is 11.6. The second-order valence-electron chi connectivity index (χ2n) is 5.19. The number of phenolic OH excluding ortho intramolecular Hbond substituents is 1. The number of carbonyl (C=O) groups is 1. The molecule has 1 aliphatic rings. The van der Waals surface area contributed by atoms with Crippen LogP contribution in [-0.2, 0) is 11.2 Å². The van der Waals surface area contributed by atoms with Crippen LogP contribution in [0.1, 0.15) is 24.8 Å². The van der Waals surface area contributed by atoms with E-state index in [-0.39, 0.29) is 11.7 Å². The average Bonchev–Trinajstić information content (AvgIpc) is 3.10. The van der Waals surface area contributed by atoms with E-state index in [1.165, 1.54) is 12.8 Å². The number of hydrogen-bond acceptors (Lipinski definition) is 3. The van der Waals surface area contributed by atoms with Gasteiger partial charge in [-0.2, -0.15) is 0 Å².